The van der Waals surface area contributed by atoms with E-state index in [4.69, 9.17) is 0 Å². The molecule has 0 aromatic heterocycles. The van der Waals surface area contributed by atoms with Crippen molar-refractivity contribution >= 4 is 27.3 Å². The summed E-state index contributed by atoms with van der Waals surface area (Å²) in [5, 5.41) is 0. The first-order valence-electron chi connectivity index (χ1n) is 8.22. The zero-order chi connectivity index (χ0) is 18.2. The van der Waals surface area contributed by atoms with Gasteiger partial charge < -0.3 is 4.90 Å². The number of anilines is 2. The van der Waals surface area contributed by atoms with Gasteiger partial charge >= 0.3 is 0 Å². The fourth-order valence-corrected chi connectivity index (χ4v) is 4.28. The minimum absolute atomic E-state index is 0.0168. The number of fused-ring (bicyclic) bond motifs is 1. The molecule has 1 heterocycles. The molecular formula is C19H22N2O3S. The molecule has 3 rings (SSSR count). The quantitative estimate of drug-likeness (QED) is 0.844. The lowest BCUT2D eigenvalue weighted by atomic mass is 10.1. The third-order valence-electron chi connectivity index (χ3n) is 4.54. The Hall–Kier alpha value is -2.34. The van der Waals surface area contributed by atoms with E-state index in [9.17, 15) is 13.2 Å². The van der Waals surface area contributed by atoms with Crippen LogP contribution in [0.15, 0.2) is 48.5 Å². The van der Waals surface area contributed by atoms with Crippen molar-refractivity contribution in [2.75, 3.05) is 22.0 Å². The molecule has 0 saturated carbocycles. The Balaban J connectivity index is 1.94. The van der Waals surface area contributed by atoms with Gasteiger partial charge in [0.2, 0.25) is 15.9 Å². The van der Waals surface area contributed by atoms with Gasteiger partial charge in [-0.2, -0.15) is 0 Å². The minimum Gasteiger partial charge on any atom is -0.307 e. The molecule has 5 nitrogen and oxygen atoms in total. The van der Waals surface area contributed by atoms with E-state index >= 15 is 0 Å². The summed E-state index contributed by atoms with van der Waals surface area (Å²) in [6.07, 6.45) is 1.92. The van der Waals surface area contributed by atoms with E-state index in [0.717, 1.165) is 29.5 Å². The van der Waals surface area contributed by atoms with Crippen molar-refractivity contribution in [1.29, 1.82) is 0 Å². The topological polar surface area (TPSA) is 57.7 Å². The Kier molecular flexibility index (Phi) is 4.56. The second-order valence-corrected chi connectivity index (χ2v) is 8.41. The van der Waals surface area contributed by atoms with Gasteiger partial charge in [-0.1, -0.05) is 36.4 Å². The van der Waals surface area contributed by atoms with E-state index in [1.807, 2.05) is 50.2 Å². The summed E-state index contributed by atoms with van der Waals surface area (Å²) < 4.78 is 25.8. The number of carbonyl (C=O) groups is 1. The standard InChI is InChI=1S/C19H22N2O3S/c1-14-8-4-6-10-17(14)20(25(3,23)24)13-19(22)21-15(2)12-16-9-5-7-11-18(16)21/h4-11,15H,12-13H2,1-3H3. The van der Waals surface area contributed by atoms with Crippen LogP contribution in [-0.2, 0) is 21.2 Å². The molecule has 1 unspecified atom stereocenters. The maximum absolute atomic E-state index is 13.0. The van der Waals surface area contributed by atoms with Gasteiger partial charge in [0.1, 0.15) is 6.54 Å². The van der Waals surface area contributed by atoms with Crippen LogP contribution in [0.1, 0.15) is 18.1 Å². The highest BCUT2D eigenvalue weighted by molar-refractivity contribution is 7.92. The molecule has 1 aliphatic rings. The van der Waals surface area contributed by atoms with Crippen molar-refractivity contribution in [2.24, 2.45) is 0 Å². The van der Waals surface area contributed by atoms with Crippen LogP contribution in [0.3, 0.4) is 0 Å². The maximum atomic E-state index is 13.0. The average Bonchev–Trinajstić information content (AvgIpc) is 2.88. The van der Waals surface area contributed by atoms with Crippen molar-refractivity contribution < 1.29 is 13.2 Å². The average molecular weight is 358 g/mol. The van der Waals surface area contributed by atoms with Gasteiger partial charge in [0, 0.05) is 11.7 Å². The molecule has 1 atom stereocenters. The van der Waals surface area contributed by atoms with Crippen LogP contribution >= 0.6 is 0 Å². The normalized spacial score (nSPS) is 16.6. The molecule has 0 N–H and O–H groups in total. The van der Waals surface area contributed by atoms with E-state index in [1.165, 1.54) is 4.31 Å². The van der Waals surface area contributed by atoms with Gasteiger partial charge in [-0.15, -0.1) is 0 Å². The Morgan fingerprint density at radius 2 is 1.80 bits per heavy atom. The van der Waals surface area contributed by atoms with E-state index in [0.29, 0.717) is 5.69 Å². The summed E-state index contributed by atoms with van der Waals surface area (Å²) in [6.45, 7) is 3.62. The molecular weight excluding hydrogens is 336 g/mol. The van der Waals surface area contributed by atoms with Crippen molar-refractivity contribution in [3.8, 4) is 0 Å². The molecule has 132 valence electrons. The molecule has 25 heavy (non-hydrogen) atoms. The van der Waals surface area contributed by atoms with Crippen LogP contribution in [0.5, 0.6) is 0 Å². The summed E-state index contributed by atoms with van der Waals surface area (Å²) in [5.74, 6) is -0.217. The third kappa shape index (κ3) is 3.39. The minimum atomic E-state index is -3.57. The lowest BCUT2D eigenvalue weighted by molar-refractivity contribution is -0.117. The third-order valence-corrected chi connectivity index (χ3v) is 5.67. The zero-order valence-electron chi connectivity index (χ0n) is 14.6. The zero-order valence-corrected chi connectivity index (χ0v) is 15.5. The summed E-state index contributed by atoms with van der Waals surface area (Å²) in [4.78, 5) is 14.7. The summed E-state index contributed by atoms with van der Waals surface area (Å²) in [5.41, 5.74) is 3.34. The molecule has 1 aliphatic heterocycles. The number of amides is 1. The van der Waals surface area contributed by atoms with Crippen LogP contribution < -0.4 is 9.21 Å². The van der Waals surface area contributed by atoms with Crippen molar-refractivity contribution in [3.63, 3.8) is 0 Å². The first-order valence-corrected chi connectivity index (χ1v) is 10.1. The first-order chi connectivity index (χ1) is 11.8. The molecule has 0 aliphatic carbocycles. The number of hydrogen-bond acceptors (Lipinski definition) is 3. The molecule has 0 bridgehead atoms. The highest BCUT2D eigenvalue weighted by atomic mass is 32.2. The number of benzene rings is 2. The van der Waals surface area contributed by atoms with Gasteiger partial charge in [0.15, 0.2) is 0 Å². The summed E-state index contributed by atoms with van der Waals surface area (Å²) in [6, 6.07) is 15.0. The van der Waals surface area contributed by atoms with E-state index in [-0.39, 0.29) is 18.5 Å². The number of rotatable bonds is 4. The molecule has 0 fully saturated rings. The van der Waals surface area contributed by atoms with Crippen LogP contribution in [-0.4, -0.2) is 33.2 Å². The Bertz CT molecular complexity index is 908. The molecule has 0 spiro atoms. The highest BCUT2D eigenvalue weighted by Gasteiger charge is 2.33. The SMILES string of the molecule is Cc1ccccc1N(CC(=O)N1c2ccccc2CC1C)S(C)(=O)=O. The lowest BCUT2D eigenvalue weighted by Crippen LogP contribution is -2.45. The fraction of sp³-hybridized carbons (Fsp3) is 0.316. The van der Waals surface area contributed by atoms with Crippen LogP contribution in [0.4, 0.5) is 11.4 Å². The van der Waals surface area contributed by atoms with E-state index in [1.54, 1.807) is 17.0 Å². The molecule has 0 saturated heterocycles. The highest BCUT2D eigenvalue weighted by Crippen LogP contribution is 2.32. The molecule has 2 aromatic rings. The van der Waals surface area contributed by atoms with E-state index in [2.05, 4.69) is 0 Å². The number of sulfonamides is 1. The number of para-hydroxylation sites is 2. The molecule has 1 amide bonds. The second-order valence-electron chi connectivity index (χ2n) is 6.50. The summed E-state index contributed by atoms with van der Waals surface area (Å²) >= 11 is 0. The molecule has 6 heteroatoms. The summed E-state index contributed by atoms with van der Waals surface area (Å²) in [7, 11) is -3.57. The monoisotopic (exact) mass is 358 g/mol. The van der Waals surface area contributed by atoms with Crippen molar-refractivity contribution in [2.45, 2.75) is 26.3 Å². The van der Waals surface area contributed by atoms with Gasteiger partial charge in [-0.05, 0) is 43.5 Å². The smallest absolute Gasteiger partial charge is 0.248 e. The van der Waals surface area contributed by atoms with Crippen molar-refractivity contribution in [3.05, 3.63) is 59.7 Å². The number of hydrogen-bond donors (Lipinski definition) is 0. The largest absolute Gasteiger partial charge is 0.307 e. The lowest BCUT2D eigenvalue weighted by Gasteiger charge is -2.28. The molecule has 2 aromatic carbocycles. The molecule has 0 radical (unpaired) electrons. The van der Waals surface area contributed by atoms with Crippen molar-refractivity contribution in [1.82, 2.24) is 0 Å². The van der Waals surface area contributed by atoms with Gasteiger partial charge in [0.05, 0.1) is 11.9 Å². The number of aryl methyl sites for hydroxylation is 1. The predicted octanol–water partition coefficient (Wildman–Crippen LogP) is 2.74. The van der Waals surface area contributed by atoms with Gasteiger partial charge in [0.25, 0.3) is 0 Å². The first kappa shape index (κ1) is 17.5. The Morgan fingerprint density at radius 1 is 1.16 bits per heavy atom. The van der Waals surface area contributed by atoms with Crippen LogP contribution in [0, 0.1) is 6.92 Å². The second kappa shape index (κ2) is 6.52. The predicted molar refractivity (Wildman–Crippen MR) is 100 cm³/mol. The maximum Gasteiger partial charge on any atom is 0.248 e. The Labute approximate surface area is 148 Å². The van der Waals surface area contributed by atoms with Crippen LogP contribution in [0.2, 0.25) is 0 Å². The van der Waals surface area contributed by atoms with Gasteiger partial charge in [-0.25, -0.2) is 8.42 Å². The number of nitrogens with zero attached hydrogens (tertiary/aromatic N) is 2. The fourth-order valence-electron chi connectivity index (χ4n) is 3.37. The van der Waals surface area contributed by atoms with Crippen LogP contribution in [0.25, 0.3) is 0 Å². The Morgan fingerprint density at radius 3 is 2.48 bits per heavy atom. The van der Waals surface area contributed by atoms with Gasteiger partial charge in [-0.3, -0.25) is 9.10 Å². The van der Waals surface area contributed by atoms with E-state index < -0.39 is 10.0 Å². The number of carbonyl (C=O) groups excluding carboxylic acids is 1.